The van der Waals surface area contributed by atoms with Crippen molar-refractivity contribution in [1.29, 1.82) is 0 Å². The van der Waals surface area contributed by atoms with E-state index < -0.39 is 11.9 Å². The molecular formula is C26H22BrClN2O3. The lowest BCUT2D eigenvalue weighted by molar-refractivity contribution is -0.146. The van der Waals surface area contributed by atoms with Crippen LogP contribution in [0.25, 0.3) is 0 Å². The van der Waals surface area contributed by atoms with Crippen molar-refractivity contribution in [3.63, 3.8) is 0 Å². The van der Waals surface area contributed by atoms with E-state index in [-0.39, 0.29) is 41.9 Å². The zero-order valence-electron chi connectivity index (χ0n) is 17.7. The van der Waals surface area contributed by atoms with Gasteiger partial charge in [0.2, 0.25) is 17.7 Å². The average molecular weight is 526 g/mol. The summed E-state index contributed by atoms with van der Waals surface area (Å²) in [6.07, 6.45) is 5.64. The van der Waals surface area contributed by atoms with Gasteiger partial charge < -0.3 is 5.32 Å². The van der Waals surface area contributed by atoms with Crippen molar-refractivity contribution >= 4 is 50.9 Å². The molecule has 5 nitrogen and oxygen atoms in total. The minimum Gasteiger partial charge on any atom is -0.323 e. The molecule has 7 rings (SSSR count). The number of imide groups is 1. The van der Waals surface area contributed by atoms with E-state index in [1.807, 2.05) is 30.3 Å². The summed E-state index contributed by atoms with van der Waals surface area (Å²) in [5.74, 6) is -0.214. The number of likely N-dealkylation sites (tertiary alicyclic amines) is 1. The Morgan fingerprint density at radius 1 is 1.03 bits per heavy atom. The second-order valence-electron chi connectivity index (χ2n) is 9.52. The van der Waals surface area contributed by atoms with Gasteiger partial charge in [-0.2, -0.15) is 0 Å². The minimum absolute atomic E-state index is 0.118. The van der Waals surface area contributed by atoms with Crippen LogP contribution in [-0.2, 0) is 20.8 Å². The van der Waals surface area contributed by atoms with Crippen molar-refractivity contribution in [2.75, 3.05) is 5.32 Å². The molecule has 2 bridgehead atoms. The summed E-state index contributed by atoms with van der Waals surface area (Å²) in [5.41, 5.74) is 1.33. The van der Waals surface area contributed by atoms with E-state index in [4.69, 9.17) is 11.6 Å². The molecule has 33 heavy (non-hydrogen) atoms. The highest BCUT2D eigenvalue weighted by molar-refractivity contribution is 9.10. The molecule has 3 fully saturated rings. The second-order valence-corrected chi connectivity index (χ2v) is 10.8. The van der Waals surface area contributed by atoms with Gasteiger partial charge in [-0.1, -0.05) is 70.0 Å². The molecule has 0 aromatic heterocycles. The first kappa shape index (κ1) is 21.1. The fourth-order valence-corrected chi connectivity index (χ4v) is 6.95. The maximum absolute atomic E-state index is 13.7. The molecule has 0 unspecified atom stereocenters. The van der Waals surface area contributed by atoms with E-state index in [0.717, 1.165) is 16.5 Å². The van der Waals surface area contributed by atoms with Crippen LogP contribution in [-0.4, -0.2) is 28.7 Å². The Balaban J connectivity index is 1.34. The standard InChI is InChI=1S/C26H22BrClN2O3/c27-14-6-9-20(19(28)11-14)29-24(31)21(10-13-4-2-1-3-5-13)30-25(32)22-15-7-8-16(18-12-17(15)18)23(22)26(30)33/h1-9,11,15-18,21-23H,10,12H2,(H,29,31)/t15-,16-,17-,18+,21-,22+,23+/m0/s1. The van der Waals surface area contributed by atoms with Crippen LogP contribution in [0, 0.1) is 35.5 Å². The van der Waals surface area contributed by atoms with Gasteiger partial charge in [0.05, 0.1) is 22.5 Å². The van der Waals surface area contributed by atoms with Crippen LogP contribution in [0.15, 0.2) is 65.2 Å². The van der Waals surface area contributed by atoms with Gasteiger partial charge in [-0.15, -0.1) is 0 Å². The molecule has 0 spiro atoms. The van der Waals surface area contributed by atoms with Gasteiger partial charge in [-0.05, 0) is 53.9 Å². The Morgan fingerprint density at radius 2 is 1.67 bits per heavy atom. The Kier molecular flexibility index (Phi) is 5.00. The zero-order valence-corrected chi connectivity index (χ0v) is 20.0. The molecule has 1 heterocycles. The molecule has 1 N–H and O–H groups in total. The zero-order chi connectivity index (χ0) is 22.9. The number of nitrogens with zero attached hydrogens (tertiary/aromatic N) is 1. The maximum Gasteiger partial charge on any atom is 0.248 e. The molecule has 4 aliphatic carbocycles. The number of carbonyl (C=O) groups is 3. The summed E-state index contributed by atoms with van der Waals surface area (Å²) in [7, 11) is 0. The summed E-state index contributed by atoms with van der Waals surface area (Å²) < 4.78 is 0.793. The first-order valence-electron chi connectivity index (χ1n) is 11.3. The number of rotatable bonds is 5. The van der Waals surface area contributed by atoms with Crippen LogP contribution in [0.4, 0.5) is 5.69 Å². The number of hydrogen-bond donors (Lipinski definition) is 1. The molecule has 1 aliphatic heterocycles. The highest BCUT2D eigenvalue weighted by Gasteiger charge is 2.67. The molecule has 2 aromatic carbocycles. The molecule has 168 valence electrons. The van der Waals surface area contributed by atoms with Gasteiger partial charge in [-0.3, -0.25) is 19.3 Å². The molecule has 0 radical (unpaired) electrons. The van der Waals surface area contributed by atoms with Crippen molar-refractivity contribution in [2.24, 2.45) is 35.5 Å². The van der Waals surface area contributed by atoms with Crippen molar-refractivity contribution in [2.45, 2.75) is 18.9 Å². The fourth-order valence-electron chi connectivity index (χ4n) is 6.23. The van der Waals surface area contributed by atoms with Crippen LogP contribution in [0.5, 0.6) is 0 Å². The van der Waals surface area contributed by atoms with E-state index in [9.17, 15) is 14.4 Å². The Hall–Kier alpha value is -2.44. The van der Waals surface area contributed by atoms with Crippen LogP contribution in [0.1, 0.15) is 12.0 Å². The molecule has 2 saturated carbocycles. The van der Waals surface area contributed by atoms with E-state index in [1.54, 1.807) is 18.2 Å². The number of carbonyl (C=O) groups excluding carboxylic acids is 3. The summed E-state index contributed by atoms with van der Waals surface area (Å²) in [5, 5.41) is 3.24. The number of nitrogens with one attached hydrogen (secondary N) is 1. The summed E-state index contributed by atoms with van der Waals surface area (Å²) in [6, 6.07) is 13.7. The van der Waals surface area contributed by atoms with Gasteiger partial charge >= 0.3 is 0 Å². The minimum atomic E-state index is -0.937. The Bertz CT molecular complexity index is 1160. The van der Waals surface area contributed by atoms with Gasteiger partial charge in [0.1, 0.15) is 6.04 Å². The van der Waals surface area contributed by atoms with E-state index in [1.165, 1.54) is 4.90 Å². The number of amides is 3. The molecular weight excluding hydrogens is 504 g/mol. The number of anilines is 1. The van der Waals surface area contributed by atoms with Gasteiger partial charge in [-0.25, -0.2) is 0 Å². The molecule has 7 atom stereocenters. The van der Waals surface area contributed by atoms with Crippen LogP contribution < -0.4 is 5.32 Å². The summed E-state index contributed by atoms with van der Waals surface area (Å²) in [4.78, 5) is 42.1. The van der Waals surface area contributed by atoms with Crippen molar-refractivity contribution < 1.29 is 14.4 Å². The lowest BCUT2D eigenvalue weighted by atomic mass is 9.63. The highest BCUT2D eigenvalue weighted by Crippen LogP contribution is 2.65. The molecule has 1 saturated heterocycles. The molecule has 5 aliphatic rings. The third-order valence-electron chi connectivity index (χ3n) is 7.77. The van der Waals surface area contributed by atoms with Crippen molar-refractivity contribution in [3.05, 3.63) is 75.7 Å². The topological polar surface area (TPSA) is 66.5 Å². The summed E-state index contributed by atoms with van der Waals surface area (Å²) in [6.45, 7) is 0. The Morgan fingerprint density at radius 3 is 2.27 bits per heavy atom. The quantitative estimate of drug-likeness (QED) is 0.454. The Labute approximate surface area is 205 Å². The number of hydrogen-bond acceptors (Lipinski definition) is 3. The van der Waals surface area contributed by atoms with E-state index in [2.05, 4.69) is 33.4 Å². The van der Waals surface area contributed by atoms with Crippen molar-refractivity contribution in [3.8, 4) is 0 Å². The monoisotopic (exact) mass is 524 g/mol. The fraction of sp³-hybridized carbons (Fsp3) is 0.346. The van der Waals surface area contributed by atoms with Gasteiger partial charge in [0, 0.05) is 10.9 Å². The first-order chi connectivity index (χ1) is 15.9. The largest absolute Gasteiger partial charge is 0.323 e. The predicted molar refractivity (Wildman–Crippen MR) is 128 cm³/mol. The molecule has 2 aromatic rings. The van der Waals surface area contributed by atoms with Gasteiger partial charge in [0.25, 0.3) is 0 Å². The maximum atomic E-state index is 13.7. The van der Waals surface area contributed by atoms with Crippen LogP contribution in [0.2, 0.25) is 5.02 Å². The SMILES string of the molecule is O=C(Nc1ccc(Br)cc1Cl)[C@H](Cc1ccccc1)N1C(=O)[C@@H]2[C@H]3C=C[C@@H]([C@@H]4C[C@H]34)[C@H]2C1=O. The third kappa shape index (κ3) is 3.38. The number of benzene rings is 2. The van der Waals surface area contributed by atoms with E-state index >= 15 is 0 Å². The third-order valence-corrected chi connectivity index (χ3v) is 8.58. The lowest BCUT2D eigenvalue weighted by Crippen LogP contribution is -2.49. The first-order valence-corrected chi connectivity index (χ1v) is 12.5. The number of allylic oxidation sites excluding steroid dienone is 2. The average Bonchev–Trinajstić information content (AvgIpc) is 3.59. The molecule has 3 amide bonds. The summed E-state index contributed by atoms with van der Waals surface area (Å²) >= 11 is 9.69. The van der Waals surface area contributed by atoms with Crippen LogP contribution in [0.3, 0.4) is 0 Å². The highest BCUT2D eigenvalue weighted by atomic mass is 79.9. The van der Waals surface area contributed by atoms with E-state index in [0.29, 0.717) is 22.5 Å². The lowest BCUT2D eigenvalue weighted by Gasteiger charge is -2.37. The normalized spacial score (nSPS) is 31.9. The number of halogens is 2. The molecule has 7 heteroatoms. The van der Waals surface area contributed by atoms with Crippen molar-refractivity contribution in [1.82, 2.24) is 4.90 Å². The smallest absolute Gasteiger partial charge is 0.248 e. The van der Waals surface area contributed by atoms with Crippen LogP contribution >= 0.6 is 27.5 Å². The second kappa shape index (κ2) is 7.81. The van der Waals surface area contributed by atoms with Gasteiger partial charge in [0.15, 0.2) is 0 Å². The predicted octanol–water partition coefficient (Wildman–Crippen LogP) is 4.71.